The fourth-order valence-corrected chi connectivity index (χ4v) is 2.47. The van der Waals surface area contributed by atoms with Crippen LogP contribution in [0.5, 0.6) is 0 Å². The SMILES string of the molecule is NCCCCc1cccc2[nH]cc(Br)c12. The number of fused-ring (bicyclic) bond motifs is 1. The highest BCUT2D eigenvalue weighted by atomic mass is 79.9. The summed E-state index contributed by atoms with van der Waals surface area (Å²) in [6.45, 7) is 0.782. The van der Waals surface area contributed by atoms with Crippen LogP contribution in [0.2, 0.25) is 0 Å². The molecule has 0 saturated carbocycles. The standard InChI is InChI=1S/C12H15BrN2/c13-10-8-15-11-6-3-5-9(12(10)11)4-1-2-7-14/h3,5-6,8,15H,1-2,4,7,14H2. The maximum Gasteiger partial charge on any atom is 0.0468 e. The van der Waals surface area contributed by atoms with Gasteiger partial charge in [0.25, 0.3) is 0 Å². The van der Waals surface area contributed by atoms with Crippen molar-refractivity contribution in [1.29, 1.82) is 0 Å². The summed E-state index contributed by atoms with van der Waals surface area (Å²) >= 11 is 3.57. The largest absolute Gasteiger partial charge is 0.360 e. The number of unbranched alkanes of at least 4 members (excludes halogenated alkanes) is 1. The van der Waals surface area contributed by atoms with E-state index in [9.17, 15) is 0 Å². The molecular formula is C12H15BrN2. The Labute approximate surface area is 98.0 Å². The highest BCUT2D eigenvalue weighted by Gasteiger charge is 2.05. The molecule has 1 aromatic heterocycles. The van der Waals surface area contributed by atoms with Gasteiger partial charge in [0.15, 0.2) is 0 Å². The number of nitrogens with two attached hydrogens (primary N) is 1. The molecule has 3 N–H and O–H groups in total. The van der Waals surface area contributed by atoms with Gasteiger partial charge in [-0.05, 0) is 53.4 Å². The van der Waals surface area contributed by atoms with E-state index >= 15 is 0 Å². The summed E-state index contributed by atoms with van der Waals surface area (Å²) in [5.41, 5.74) is 8.10. The average molecular weight is 267 g/mol. The molecule has 0 aliphatic carbocycles. The maximum absolute atomic E-state index is 5.50. The normalized spacial score (nSPS) is 11.1. The molecule has 0 amide bonds. The van der Waals surface area contributed by atoms with Crippen molar-refractivity contribution in [2.24, 2.45) is 5.73 Å². The zero-order valence-electron chi connectivity index (χ0n) is 8.59. The first kappa shape index (κ1) is 10.7. The van der Waals surface area contributed by atoms with E-state index in [1.54, 1.807) is 0 Å². The van der Waals surface area contributed by atoms with Crippen LogP contribution < -0.4 is 5.73 Å². The summed E-state index contributed by atoms with van der Waals surface area (Å²) < 4.78 is 1.15. The van der Waals surface area contributed by atoms with E-state index in [1.165, 1.54) is 16.5 Å². The van der Waals surface area contributed by atoms with Crippen molar-refractivity contribution in [1.82, 2.24) is 4.98 Å². The Balaban J connectivity index is 2.29. The Hall–Kier alpha value is -0.800. The number of benzene rings is 1. The van der Waals surface area contributed by atoms with Crippen molar-refractivity contribution in [2.75, 3.05) is 6.54 Å². The van der Waals surface area contributed by atoms with Crippen molar-refractivity contribution in [3.05, 3.63) is 34.4 Å². The molecule has 2 nitrogen and oxygen atoms in total. The monoisotopic (exact) mass is 266 g/mol. The molecule has 0 unspecified atom stereocenters. The lowest BCUT2D eigenvalue weighted by atomic mass is 10.0. The Bertz CT molecular complexity index is 448. The Kier molecular flexibility index (Phi) is 3.44. The lowest BCUT2D eigenvalue weighted by Crippen LogP contribution is -1.99. The topological polar surface area (TPSA) is 41.8 Å². The number of hydrogen-bond acceptors (Lipinski definition) is 1. The second kappa shape index (κ2) is 4.81. The molecule has 2 rings (SSSR count). The summed E-state index contributed by atoms with van der Waals surface area (Å²) in [7, 11) is 0. The molecule has 0 atom stereocenters. The van der Waals surface area contributed by atoms with Gasteiger partial charge < -0.3 is 10.7 Å². The van der Waals surface area contributed by atoms with E-state index in [2.05, 4.69) is 39.1 Å². The molecule has 15 heavy (non-hydrogen) atoms. The molecule has 0 spiro atoms. The van der Waals surface area contributed by atoms with Gasteiger partial charge in [0, 0.05) is 21.6 Å². The van der Waals surface area contributed by atoms with Crippen LogP contribution in [0.15, 0.2) is 28.9 Å². The third-order valence-electron chi connectivity index (χ3n) is 2.64. The highest BCUT2D eigenvalue weighted by molar-refractivity contribution is 9.10. The lowest BCUT2D eigenvalue weighted by Gasteiger charge is -2.03. The molecular weight excluding hydrogens is 252 g/mol. The minimum atomic E-state index is 0.782. The molecule has 0 aliphatic rings. The molecule has 1 heterocycles. The van der Waals surface area contributed by atoms with Crippen LogP contribution in [-0.2, 0) is 6.42 Å². The summed E-state index contributed by atoms with van der Waals surface area (Å²) in [5.74, 6) is 0. The summed E-state index contributed by atoms with van der Waals surface area (Å²) in [5, 5.41) is 1.31. The van der Waals surface area contributed by atoms with Gasteiger partial charge in [-0.3, -0.25) is 0 Å². The highest BCUT2D eigenvalue weighted by Crippen LogP contribution is 2.27. The smallest absolute Gasteiger partial charge is 0.0468 e. The molecule has 0 fully saturated rings. The van der Waals surface area contributed by atoms with E-state index in [1.807, 2.05) is 6.20 Å². The number of hydrogen-bond donors (Lipinski definition) is 2. The molecule has 80 valence electrons. The number of aromatic amines is 1. The van der Waals surface area contributed by atoms with Crippen molar-refractivity contribution in [3.8, 4) is 0 Å². The maximum atomic E-state index is 5.50. The number of nitrogens with one attached hydrogen (secondary N) is 1. The molecule has 0 aliphatic heterocycles. The molecule has 0 bridgehead atoms. The van der Waals surface area contributed by atoms with Gasteiger partial charge in [-0.2, -0.15) is 0 Å². The number of H-pyrrole nitrogens is 1. The molecule has 0 radical (unpaired) electrons. The second-order valence-electron chi connectivity index (χ2n) is 3.72. The first-order chi connectivity index (χ1) is 7.33. The fourth-order valence-electron chi connectivity index (χ4n) is 1.88. The Morgan fingerprint density at radius 3 is 2.93 bits per heavy atom. The van der Waals surface area contributed by atoms with Crippen molar-refractivity contribution in [3.63, 3.8) is 0 Å². The van der Waals surface area contributed by atoms with Gasteiger partial charge in [0.05, 0.1) is 0 Å². The van der Waals surface area contributed by atoms with Crippen molar-refractivity contribution in [2.45, 2.75) is 19.3 Å². The zero-order valence-corrected chi connectivity index (χ0v) is 10.2. The minimum absolute atomic E-state index is 0.782. The van der Waals surface area contributed by atoms with Crippen molar-refractivity contribution < 1.29 is 0 Å². The predicted molar refractivity (Wildman–Crippen MR) is 68.0 cm³/mol. The average Bonchev–Trinajstić information content (AvgIpc) is 2.62. The third-order valence-corrected chi connectivity index (χ3v) is 3.27. The first-order valence-corrected chi connectivity index (χ1v) is 6.07. The third kappa shape index (κ3) is 2.24. The van der Waals surface area contributed by atoms with Gasteiger partial charge in [0.1, 0.15) is 0 Å². The van der Waals surface area contributed by atoms with Gasteiger partial charge >= 0.3 is 0 Å². The van der Waals surface area contributed by atoms with Crippen LogP contribution in [0.25, 0.3) is 10.9 Å². The van der Waals surface area contributed by atoms with Crippen LogP contribution in [0.4, 0.5) is 0 Å². The summed E-state index contributed by atoms with van der Waals surface area (Å²) in [4.78, 5) is 3.25. The molecule has 1 aromatic carbocycles. The quantitative estimate of drug-likeness (QED) is 0.820. The van der Waals surface area contributed by atoms with Gasteiger partial charge in [-0.1, -0.05) is 12.1 Å². The van der Waals surface area contributed by atoms with Crippen LogP contribution in [-0.4, -0.2) is 11.5 Å². The zero-order chi connectivity index (χ0) is 10.7. The van der Waals surface area contributed by atoms with E-state index in [0.29, 0.717) is 0 Å². The van der Waals surface area contributed by atoms with Gasteiger partial charge in [0.2, 0.25) is 0 Å². The minimum Gasteiger partial charge on any atom is -0.360 e. The number of aryl methyl sites for hydroxylation is 1. The van der Waals surface area contributed by atoms with E-state index in [4.69, 9.17) is 5.73 Å². The molecule has 0 saturated heterocycles. The number of aromatic nitrogens is 1. The van der Waals surface area contributed by atoms with E-state index in [0.717, 1.165) is 30.3 Å². The lowest BCUT2D eigenvalue weighted by molar-refractivity contribution is 0.747. The van der Waals surface area contributed by atoms with Crippen LogP contribution in [0.3, 0.4) is 0 Å². The molecule has 2 aromatic rings. The van der Waals surface area contributed by atoms with Gasteiger partial charge in [-0.25, -0.2) is 0 Å². The fraction of sp³-hybridized carbons (Fsp3) is 0.333. The second-order valence-corrected chi connectivity index (χ2v) is 4.58. The van der Waals surface area contributed by atoms with Crippen LogP contribution >= 0.6 is 15.9 Å². The summed E-state index contributed by atoms with van der Waals surface area (Å²) in [6.07, 6.45) is 5.35. The number of halogens is 1. The van der Waals surface area contributed by atoms with Crippen LogP contribution in [0.1, 0.15) is 18.4 Å². The van der Waals surface area contributed by atoms with Crippen LogP contribution in [0, 0.1) is 0 Å². The Morgan fingerprint density at radius 1 is 1.27 bits per heavy atom. The number of rotatable bonds is 4. The molecule has 3 heteroatoms. The Morgan fingerprint density at radius 2 is 2.13 bits per heavy atom. The predicted octanol–water partition coefficient (Wildman–Crippen LogP) is 3.21. The van der Waals surface area contributed by atoms with E-state index in [-0.39, 0.29) is 0 Å². The van der Waals surface area contributed by atoms with E-state index < -0.39 is 0 Å². The summed E-state index contributed by atoms with van der Waals surface area (Å²) in [6, 6.07) is 6.40. The first-order valence-electron chi connectivity index (χ1n) is 5.27. The van der Waals surface area contributed by atoms with Gasteiger partial charge in [-0.15, -0.1) is 0 Å². The van der Waals surface area contributed by atoms with Crippen molar-refractivity contribution >= 4 is 26.8 Å².